The monoisotopic (exact) mass is 181 g/mol. The summed E-state index contributed by atoms with van der Waals surface area (Å²) >= 11 is 0. The summed E-state index contributed by atoms with van der Waals surface area (Å²) < 4.78 is 0. The van der Waals surface area contributed by atoms with Crippen LogP contribution in [0.25, 0.3) is 0 Å². The van der Waals surface area contributed by atoms with Crippen molar-refractivity contribution >= 4 is 6.21 Å². The van der Waals surface area contributed by atoms with E-state index in [1.807, 2.05) is 20.8 Å². The zero-order valence-corrected chi connectivity index (χ0v) is 9.15. The van der Waals surface area contributed by atoms with Crippen LogP contribution in [0.1, 0.15) is 34.6 Å². The molecule has 0 N–H and O–H groups in total. The quantitative estimate of drug-likeness (QED) is 0.594. The van der Waals surface area contributed by atoms with Crippen molar-refractivity contribution in [3.8, 4) is 0 Å². The maximum absolute atomic E-state index is 4.08. The molecule has 1 unspecified atom stereocenters. The molecule has 0 fully saturated rings. The maximum Gasteiger partial charge on any atom is 0.103 e. The summed E-state index contributed by atoms with van der Waals surface area (Å²) in [5.74, 6) is 0.404. The molecule has 0 spiro atoms. The summed E-state index contributed by atoms with van der Waals surface area (Å²) in [6.07, 6.45) is 3.57. The van der Waals surface area contributed by atoms with Crippen LogP contribution in [0.2, 0.25) is 0 Å². The molecule has 0 saturated carbocycles. The normalized spacial score (nSPS) is 20.5. The molecule has 3 nitrogen and oxygen atoms in total. The predicted molar refractivity (Wildman–Crippen MR) is 57.1 cm³/mol. The Labute approximate surface area is 80.7 Å². The highest BCUT2D eigenvalue weighted by Gasteiger charge is 2.04. The molecule has 0 bridgehead atoms. The molecule has 0 saturated heterocycles. The van der Waals surface area contributed by atoms with Gasteiger partial charge in [-0.2, -0.15) is 10.2 Å². The second-order valence-electron chi connectivity index (χ2n) is 2.96. The Bertz CT molecular complexity index is 214. The highest BCUT2D eigenvalue weighted by molar-refractivity contribution is 5.64. The number of aliphatic imine (C=N–C) groups is 1. The lowest BCUT2D eigenvalue weighted by molar-refractivity contribution is 0.725. The number of hydrogen-bond acceptors (Lipinski definition) is 3. The van der Waals surface area contributed by atoms with Gasteiger partial charge in [-0.15, -0.1) is 0 Å². The fourth-order valence-electron chi connectivity index (χ4n) is 0.722. The molecule has 1 rings (SSSR count). The summed E-state index contributed by atoms with van der Waals surface area (Å²) in [5, 5.41) is 8.10. The van der Waals surface area contributed by atoms with Gasteiger partial charge in [0.2, 0.25) is 0 Å². The number of azo groups is 1. The van der Waals surface area contributed by atoms with Crippen molar-refractivity contribution in [2.24, 2.45) is 21.1 Å². The molecule has 1 atom stereocenters. The molecular weight excluding hydrogens is 162 g/mol. The molecule has 13 heavy (non-hydrogen) atoms. The minimum atomic E-state index is 0.113. The average Bonchev–Trinajstić information content (AvgIpc) is 2.33. The lowest BCUT2D eigenvalue weighted by atomic mass is 10.2. The van der Waals surface area contributed by atoms with E-state index >= 15 is 0 Å². The number of rotatable bonds is 1. The molecule has 1 heterocycles. The third-order valence-electron chi connectivity index (χ3n) is 1.46. The van der Waals surface area contributed by atoms with E-state index in [0.717, 1.165) is 5.70 Å². The lowest BCUT2D eigenvalue weighted by Crippen LogP contribution is -1.95. The van der Waals surface area contributed by atoms with Gasteiger partial charge in [0.05, 0.1) is 11.9 Å². The molecule has 1 aliphatic heterocycles. The Kier molecular flexibility index (Phi) is 6.02. The molecule has 0 aromatic carbocycles. The predicted octanol–water partition coefficient (Wildman–Crippen LogP) is 3.44. The molecule has 0 aromatic rings. The minimum Gasteiger partial charge on any atom is -0.265 e. The molecule has 0 aromatic heterocycles. The molecule has 1 aliphatic rings. The molecular formula is C10H19N3. The SMILES string of the molecule is CC.CC1C=NC=C(C(C)C)N=N1. The van der Waals surface area contributed by atoms with Gasteiger partial charge < -0.3 is 0 Å². The summed E-state index contributed by atoms with van der Waals surface area (Å²) in [7, 11) is 0. The largest absolute Gasteiger partial charge is 0.265 e. The van der Waals surface area contributed by atoms with Crippen molar-refractivity contribution in [1.29, 1.82) is 0 Å². The van der Waals surface area contributed by atoms with Crippen LogP contribution in [0.5, 0.6) is 0 Å². The van der Waals surface area contributed by atoms with Gasteiger partial charge in [-0.3, -0.25) is 4.99 Å². The van der Waals surface area contributed by atoms with E-state index < -0.39 is 0 Å². The van der Waals surface area contributed by atoms with Crippen molar-refractivity contribution < 1.29 is 0 Å². The van der Waals surface area contributed by atoms with Crippen molar-refractivity contribution in [3.63, 3.8) is 0 Å². The van der Waals surface area contributed by atoms with Crippen LogP contribution in [0, 0.1) is 5.92 Å². The van der Waals surface area contributed by atoms with Crippen molar-refractivity contribution in [2.45, 2.75) is 40.7 Å². The molecule has 0 aliphatic carbocycles. The topological polar surface area (TPSA) is 37.1 Å². The van der Waals surface area contributed by atoms with Crippen molar-refractivity contribution in [3.05, 3.63) is 11.9 Å². The first-order valence-corrected chi connectivity index (χ1v) is 4.84. The Morgan fingerprint density at radius 2 is 1.92 bits per heavy atom. The van der Waals surface area contributed by atoms with E-state index in [-0.39, 0.29) is 6.04 Å². The van der Waals surface area contributed by atoms with Crippen LogP contribution in [0.15, 0.2) is 27.1 Å². The molecule has 3 heteroatoms. The number of nitrogens with zero attached hydrogens (tertiary/aromatic N) is 3. The second-order valence-corrected chi connectivity index (χ2v) is 2.96. The van der Waals surface area contributed by atoms with Crippen LogP contribution < -0.4 is 0 Å². The highest BCUT2D eigenvalue weighted by Crippen LogP contribution is 2.13. The molecule has 0 radical (unpaired) electrons. The van der Waals surface area contributed by atoms with Crippen LogP contribution in [-0.4, -0.2) is 12.3 Å². The van der Waals surface area contributed by atoms with Crippen molar-refractivity contribution in [1.82, 2.24) is 0 Å². The van der Waals surface area contributed by atoms with E-state index in [9.17, 15) is 0 Å². The lowest BCUT2D eigenvalue weighted by Gasteiger charge is -2.00. The van der Waals surface area contributed by atoms with Gasteiger partial charge in [-0.25, -0.2) is 0 Å². The van der Waals surface area contributed by atoms with Gasteiger partial charge in [0, 0.05) is 6.21 Å². The summed E-state index contributed by atoms with van der Waals surface area (Å²) in [6.45, 7) is 10.1. The first-order valence-electron chi connectivity index (χ1n) is 4.84. The number of hydrogen-bond donors (Lipinski definition) is 0. The smallest absolute Gasteiger partial charge is 0.103 e. The fourth-order valence-corrected chi connectivity index (χ4v) is 0.722. The highest BCUT2D eigenvalue weighted by atomic mass is 15.1. The Morgan fingerprint density at radius 1 is 1.31 bits per heavy atom. The van der Waals surface area contributed by atoms with E-state index in [4.69, 9.17) is 0 Å². The minimum absolute atomic E-state index is 0.113. The van der Waals surface area contributed by atoms with E-state index in [2.05, 4.69) is 29.1 Å². The third kappa shape index (κ3) is 4.55. The summed E-state index contributed by atoms with van der Waals surface area (Å²) in [6, 6.07) is 0.113. The van der Waals surface area contributed by atoms with Gasteiger partial charge in [-0.1, -0.05) is 27.7 Å². The zero-order chi connectivity index (χ0) is 10.3. The van der Waals surface area contributed by atoms with E-state index in [1.165, 1.54) is 0 Å². The zero-order valence-electron chi connectivity index (χ0n) is 9.15. The standard InChI is InChI=1S/C8H13N3.C2H6/c1-6(2)8-5-9-4-7(3)10-11-8;1-2/h4-7H,1-3H3;1-2H3. The maximum atomic E-state index is 4.08. The molecule has 0 amide bonds. The summed E-state index contributed by atoms with van der Waals surface area (Å²) in [5.41, 5.74) is 0.950. The summed E-state index contributed by atoms with van der Waals surface area (Å²) in [4.78, 5) is 4.08. The Balaban J connectivity index is 0.000000671. The van der Waals surface area contributed by atoms with Gasteiger partial charge >= 0.3 is 0 Å². The van der Waals surface area contributed by atoms with Gasteiger partial charge in [0.25, 0.3) is 0 Å². The average molecular weight is 181 g/mol. The van der Waals surface area contributed by atoms with Crippen LogP contribution >= 0.6 is 0 Å². The number of allylic oxidation sites excluding steroid dienone is 1. The Morgan fingerprint density at radius 3 is 2.46 bits per heavy atom. The third-order valence-corrected chi connectivity index (χ3v) is 1.46. The van der Waals surface area contributed by atoms with Crippen LogP contribution in [-0.2, 0) is 0 Å². The van der Waals surface area contributed by atoms with Crippen LogP contribution in [0.3, 0.4) is 0 Å². The van der Waals surface area contributed by atoms with E-state index in [0.29, 0.717) is 5.92 Å². The van der Waals surface area contributed by atoms with Gasteiger partial charge in [0.15, 0.2) is 0 Å². The fraction of sp³-hybridized carbons (Fsp3) is 0.700. The Hall–Kier alpha value is -0.990. The first-order chi connectivity index (χ1) is 6.20. The first kappa shape index (κ1) is 12.0. The van der Waals surface area contributed by atoms with E-state index in [1.54, 1.807) is 12.4 Å². The van der Waals surface area contributed by atoms with Crippen molar-refractivity contribution in [2.75, 3.05) is 0 Å². The molecule has 74 valence electrons. The van der Waals surface area contributed by atoms with Gasteiger partial charge in [-0.05, 0) is 12.8 Å². The van der Waals surface area contributed by atoms with Gasteiger partial charge in [0.1, 0.15) is 6.04 Å². The second kappa shape index (κ2) is 6.52. The van der Waals surface area contributed by atoms with Crippen LogP contribution in [0.4, 0.5) is 0 Å².